The minimum atomic E-state index is -0.278. The van der Waals surface area contributed by atoms with Gasteiger partial charge in [-0.1, -0.05) is 6.08 Å². The molecule has 0 aromatic rings. The molecule has 1 heterocycles. The Morgan fingerprint density at radius 3 is 2.69 bits per heavy atom. The maximum absolute atomic E-state index is 11.4. The molecule has 0 spiro atoms. The van der Waals surface area contributed by atoms with Crippen LogP contribution in [0.3, 0.4) is 0 Å². The van der Waals surface area contributed by atoms with Gasteiger partial charge in [-0.3, -0.25) is 0 Å². The van der Waals surface area contributed by atoms with E-state index in [4.69, 9.17) is 4.74 Å². The molecule has 86 valence electrons. The number of ether oxygens (including phenoxy) is 1. The lowest BCUT2D eigenvalue weighted by molar-refractivity contribution is -0.136. The van der Waals surface area contributed by atoms with Crippen LogP contribution in [0.5, 0.6) is 0 Å². The molecule has 0 fully saturated rings. The van der Waals surface area contributed by atoms with Crippen LogP contribution >= 0.6 is 0 Å². The van der Waals surface area contributed by atoms with Gasteiger partial charge in [0, 0.05) is 18.8 Å². The third-order valence-electron chi connectivity index (χ3n) is 2.16. The summed E-state index contributed by atoms with van der Waals surface area (Å²) in [6.45, 7) is 5.93. The van der Waals surface area contributed by atoms with Crippen LogP contribution < -0.4 is 0 Å². The zero-order chi connectivity index (χ0) is 12.1. The molecule has 3 heteroatoms. The number of esters is 1. The van der Waals surface area contributed by atoms with Crippen molar-refractivity contribution < 1.29 is 9.53 Å². The van der Waals surface area contributed by atoms with E-state index in [-0.39, 0.29) is 5.97 Å². The van der Waals surface area contributed by atoms with Crippen molar-refractivity contribution in [1.82, 2.24) is 4.90 Å². The summed E-state index contributed by atoms with van der Waals surface area (Å²) in [6, 6.07) is 0. The number of methoxy groups -OCH3 is 1. The predicted octanol–water partition coefficient (Wildman–Crippen LogP) is 2.73. The van der Waals surface area contributed by atoms with Crippen LogP contribution in [-0.2, 0) is 9.53 Å². The van der Waals surface area contributed by atoms with Gasteiger partial charge in [0.05, 0.1) is 18.4 Å². The zero-order valence-corrected chi connectivity index (χ0v) is 10.2. The van der Waals surface area contributed by atoms with Crippen molar-refractivity contribution in [2.45, 2.75) is 27.2 Å². The lowest BCUT2D eigenvalue weighted by atomic mass is 10.1. The molecule has 0 bridgehead atoms. The Morgan fingerprint density at radius 1 is 1.44 bits per heavy atom. The fourth-order valence-corrected chi connectivity index (χ4v) is 1.46. The lowest BCUT2D eigenvalue weighted by Crippen LogP contribution is -2.15. The van der Waals surface area contributed by atoms with E-state index in [1.165, 1.54) is 7.11 Å². The lowest BCUT2D eigenvalue weighted by Gasteiger charge is -2.19. The topological polar surface area (TPSA) is 29.5 Å². The Bertz CT molecular complexity index is 406. The first-order valence-electron chi connectivity index (χ1n) is 5.19. The quantitative estimate of drug-likeness (QED) is 0.528. The highest BCUT2D eigenvalue weighted by atomic mass is 16.5. The largest absolute Gasteiger partial charge is 0.466 e. The Kier molecular flexibility index (Phi) is 4.15. The van der Waals surface area contributed by atoms with Crippen LogP contribution in [0.25, 0.3) is 0 Å². The zero-order valence-electron chi connectivity index (χ0n) is 10.2. The number of allylic oxidation sites excluding steroid dienone is 2. The Morgan fingerprint density at radius 2 is 2.12 bits per heavy atom. The number of nitrogens with zero attached hydrogens (tertiary/aromatic N) is 1. The molecule has 0 N–H and O–H groups in total. The average molecular weight is 219 g/mol. The summed E-state index contributed by atoms with van der Waals surface area (Å²) in [5.41, 5.74) is 5.91. The Balaban J connectivity index is 2.96. The van der Waals surface area contributed by atoms with Gasteiger partial charge in [0.2, 0.25) is 0 Å². The first kappa shape index (κ1) is 12.3. The second kappa shape index (κ2) is 5.38. The third-order valence-corrected chi connectivity index (χ3v) is 2.16. The summed E-state index contributed by atoms with van der Waals surface area (Å²) >= 11 is 0. The van der Waals surface area contributed by atoms with E-state index >= 15 is 0 Å². The van der Waals surface area contributed by atoms with Gasteiger partial charge in [0.1, 0.15) is 0 Å². The van der Waals surface area contributed by atoms with Crippen LogP contribution in [0, 0.1) is 0 Å². The molecule has 0 amide bonds. The minimum absolute atomic E-state index is 0.278. The van der Waals surface area contributed by atoms with Crippen LogP contribution in [0.2, 0.25) is 0 Å². The van der Waals surface area contributed by atoms with Gasteiger partial charge >= 0.3 is 5.97 Å². The highest BCUT2D eigenvalue weighted by molar-refractivity contribution is 5.88. The van der Waals surface area contributed by atoms with E-state index in [1.807, 2.05) is 37.9 Å². The molecule has 0 saturated heterocycles. The number of carbonyl (C=O) groups excluding carboxylic acids is 1. The molecule has 3 nitrogen and oxygen atoms in total. The van der Waals surface area contributed by atoms with Crippen molar-refractivity contribution in [3.63, 3.8) is 0 Å². The molecule has 0 radical (unpaired) electrons. The number of rotatable bonds is 2. The maximum atomic E-state index is 11.4. The second-order valence-electron chi connectivity index (χ2n) is 3.85. The molecule has 0 aromatic heterocycles. The number of hydrogen-bond acceptors (Lipinski definition) is 3. The van der Waals surface area contributed by atoms with Crippen molar-refractivity contribution in [2.75, 3.05) is 7.11 Å². The molecular formula is C13H17NO2. The molecule has 1 rings (SSSR count). The van der Waals surface area contributed by atoms with E-state index in [1.54, 1.807) is 6.20 Å². The molecule has 16 heavy (non-hydrogen) atoms. The van der Waals surface area contributed by atoms with Gasteiger partial charge < -0.3 is 9.64 Å². The maximum Gasteiger partial charge on any atom is 0.335 e. The molecule has 0 saturated carbocycles. The molecule has 0 aromatic carbocycles. The summed E-state index contributed by atoms with van der Waals surface area (Å²) in [5, 5.41) is 0. The summed E-state index contributed by atoms with van der Waals surface area (Å²) < 4.78 is 4.70. The van der Waals surface area contributed by atoms with E-state index in [9.17, 15) is 4.79 Å². The molecule has 0 atom stereocenters. The highest BCUT2D eigenvalue weighted by Gasteiger charge is 2.13. The molecule has 1 aliphatic rings. The molecule has 0 aliphatic carbocycles. The van der Waals surface area contributed by atoms with Crippen LogP contribution in [0.1, 0.15) is 27.2 Å². The fourth-order valence-electron chi connectivity index (χ4n) is 1.46. The third kappa shape index (κ3) is 3.14. The van der Waals surface area contributed by atoms with Gasteiger partial charge in [-0.2, -0.15) is 0 Å². The van der Waals surface area contributed by atoms with Crippen LogP contribution in [0.15, 0.2) is 41.1 Å². The summed E-state index contributed by atoms with van der Waals surface area (Å²) in [7, 11) is 1.39. The van der Waals surface area contributed by atoms with Gasteiger partial charge in [0.25, 0.3) is 0 Å². The molecule has 0 unspecified atom stereocenters. The highest BCUT2D eigenvalue weighted by Crippen LogP contribution is 2.17. The van der Waals surface area contributed by atoms with Crippen molar-refractivity contribution in [3.05, 3.63) is 41.1 Å². The van der Waals surface area contributed by atoms with Gasteiger partial charge in [-0.15, -0.1) is 5.73 Å². The first-order chi connectivity index (χ1) is 7.54. The molecule has 1 aliphatic heterocycles. The number of carbonyl (C=O) groups is 1. The van der Waals surface area contributed by atoms with Crippen molar-refractivity contribution >= 4 is 5.97 Å². The van der Waals surface area contributed by atoms with Crippen molar-refractivity contribution in [2.24, 2.45) is 0 Å². The second-order valence-corrected chi connectivity index (χ2v) is 3.85. The van der Waals surface area contributed by atoms with E-state index in [0.717, 1.165) is 11.3 Å². The van der Waals surface area contributed by atoms with Crippen LogP contribution in [0.4, 0.5) is 0 Å². The smallest absolute Gasteiger partial charge is 0.335 e. The first-order valence-corrected chi connectivity index (χ1v) is 5.19. The minimum Gasteiger partial charge on any atom is -0.466 e. The van der Waals surface area contributed by atoms with Gasteiger partial charge in [-0.05, 0) is 26.3 Å². The van der Waals surface area contributed by atoms with E-state index in [0.29, 0.717) is 12.0 Å². The van der Waals surface area contributed by atoms with Gasteiger partial charge in [0.15, 0.2) is 0 Å². The standard InChI is InChI=1S/C13H17NO2/c1-10(2)8-11(3)14-7-5-6-12(9-14)13(15)16-4/h5,7,9H,6H2,1-4H3. The van der Waals surface area contributed by atoms with E-state index < -0.39 is 0 Å². The summed E-state index contributed by atoms with van der Waals surface area (Å²) in [5.74, 6) is -0.278. The monoisotopic (exact) mass is 219 g/mol. The van der Waals surface area contributed by atoms with E-state index in [2.05, 4.69) is 5.73 Å². The number of hydrogen-bond donors (Lipinski definition) is 0. The fraction of sp³-hybridized carbons (Fsp3) is 0.385. The SMILES string of the molecule is COC(=O)C1=CN(C(C)=C=C(C)C)C=CC1. The van der Waals surface area contributed by atoms with Gasteiger partial charge in [-0.25, -0.2) is 4.79 Å². The van der Waals surface area contributed by atoms with Crippen molar-refractivity contribution in [3.8, 4) is 0 Å². The Hall–Kier alpha value is -1.73. The molecular weight excluding hydrogens is 202 g/mol. The predicted molar refractivity (Wildman–Crippen MR) is 63.3 cm³/mol. The normalized spacial score (nSPS) is 14.0. The Labute approximate surface area is 96.4 Å². The summed E-state index contributed by atoms with van der Waals surface area (Å²) in [6.07, 6.45) is 6.27. The summed E-state index contributed by atoms with van der Waals surface area (Å²) in [4.78, 5) is 13.2. The van der Waals surface area contributed by atoms with Crippen LogP contribution in [-0.4, -0.2) is 18.0 Å². The average Bonchev–Trinajstić information content (AvgIpc) is 2.27. The van der Waals surface area contributed by atoms with Crippen molar-refractivity contribution in [1.29, 1.82) is 0 Å².